The Morgan fingerprint density at radius 1 is 1.22 bits per heavy atom. The first-order chi connectivity index (χ1) is 11.0. The summed E-state index contributed by atoms with van der Waals surface area (Å²) in [4.78, 5) is 14.4. The molecule has 1 aromatic heterocycles. The van der Waals surface area contributed by atoms with Crippen molar-refractivity contribution in [1.29, 1.82) is 0 Å². The molecule has 0 saturated carbocycles. The van der Waals surface area contributed by atoms with Crippen LogP contribution in [0, 0.1) is 13.8 Å². The first-order valence-corrected chi connectivity index (χ1v) is 8.18. The van der Waals surface area contributed by atoms with Crippen LogP contribution in [0.5, 0.6) is 0 Å². The zero-order valence-electron chi connectivity index (χ0n) is 13.8. The van der Waals surface area contributed by atoms with Gasteiger partial charge in [0.15, 0.2) is 0 Å². The van der Waals surface area contributed by atoms with Crippen molar-refractivity contribution in [3.05, 3.63) is 52.8 Å². The highest BCUT2D eigenvalue weighted by atomic mass is 16.2. The summed E-state index contributed by atoms with van der Waals surface area (Å²) in [6.07, 6.45) is 1.78. The highest BCUT2D eigenvalue weighted by Crippen LogP contribution is 2.14. The van der Waals surface area contributed by atoms with Crippen molar-refractivity contribution in [2.45, 2.75) is 39.3 Å². The van der Waals surface area contributed by atoms with E-state index in [0.29, 0.717) is 0 Å². The van der Waals surface area contributed by atoms with Gasteiger partial charge in [0.25, 0.3) is 5.91 Å². The number of aromatic nitrogens is 2. The first kappa shape index (κ1) is 15.7. The lowest BCUT2D eigenvalue weighted by Gasteiger charge is -2.30. The summed E-state index contributed by atoms with van der Waals surface area (Å²) in [6.45, 7) is 6.29. The molecule has 2 aromatic rings. The largest absolute Gasteiger partial charge is 0.339 e. The molecule has 5 heteroatoms. The fourth-order valence-electron chi connectivity index (χ4n) is 3.05. The highest BCUT2D eigenvalue weighted by molar-refractivity contribution is 5.94. The molecule has 1 aliphatic heterocycles. The van der Waals surface area contributed by atoms with Crippen molar-refractivity contribution >= 4 is 5.91 Å². The first-order valence-electron chi connectivity index (χ1n) is 8.18. The van der Waals surface area contributed by atoms with Gasteiger partial charge in [-0.15, -0.1) is 0 Å². The van der Waals surface area contributed by atoms with E-state index in [1.165, 1.54) is 0 Å². The maximum absolute atomic E-state index is 12.5. The van der Waals surface area contributed by atoms with Crippen molar-refractivity contribution in [2.24, 2.45) is 5.73 Å². The van der Waals surface area contributed by atoms with Crippen LogP contribution in [0.15, 0.2) is 30.3 Å². The predicted molar refractivity (Wildman–Crippen MR) is 90.4 cm³/mol. The normalized spacial score (nSPS) is 15.9. The molecule has 0 spiro atoms. The van der Waals surface area contributed by atoms with Crippen molar-refractivity contribution < 1.29 is 4.79 Å². The van der Waals surface area contributed by atoms with E-state index in [1.54, 1.807) is 0 Å². The van der Waals surface area contributed by atoms with Gasteiger partial charge in [-0.05, 0) is 50.5 Å². The third-order valence-electron chi connectivity index (χ3n) is 4.46. The maximum Gasteiger partial charge on any atom is 0.253 e. The molecular formula is C18H24N4O. The van der Waals surface area contributed by atoms with Gasteiger partial charge in [0.1, 0.15) is 0 Å². The molecule has 2 N–H and O–H groups in total. The second-order valence-corrected chi connectivity index (χ2v) is 6.41. The molecule has 2 heterocycles. The van der Waals surface area contributed by atoms with Gasteiger partial charge in [-0.2, -0.15) is 5.10 Å². The van der Waals surface area contributed by atoms with Gasteiger partial charge in [0, 0.05) is 30.4 Å². The summed E-state index contributed by atoms with van der Waals surface area (Å²) in [5, 5.41) is 4.47. The molecule has 1 fully saturated rings. The van der Waals surface area contributed by atoms with Gasteiger partial charge in [-0.3, -0.25) is 9.48 Å². The molecule has 3 rings (SSSR count). The van der Waals surface area contributed by atoms with E-state index in [-0.39, 0.29) is 11.9 Å². The molecule has 0 radical (unpaired) electrons. The predicted octanol–water partition coefficient (Wildman–Crippen LogP) is 2.11. The summed E-state index contributed by atoms with van der Waals surface area (Å²) in [7, 11) is 0. The van der Waals surface area contributed by atoms with E-state index in [4.69, 9.17) is 5.73 Å². The number of amides is 1. The Kier molecular flexibility index (Phi) is 4.48. The number of carbonyl (C=O) groups excluding carboxylic acids is 1. The zero-order valence-corrected chi connectivity index (χ0v) is 13.8. The number of benzene rings is 1. The summed E-state index contributed by atoms with van der Waals surface area (Å²) in [6, 6.07) is 10.2. The number of nitrogens with two attached hydrogens (primary N) is 1. The van der Waals surface area contributed by atoms with Crippen molar-refractivity contribution in [3.8, 4) is 0 Å². The standard InChI is InChI=1S/C18H24N4O/c1-13-11-14(2)22(20-13)12-15-3-5-16(6-4-15)18(23)21-9-7-17(19)8-10-21/h3-6,11,17H,7-10,12,19H2,1-2H3. The Labute approximate surface area is 137 Å². The van der Waals surface area contributed by atoms with E-state index in [9.17, 15) is 4.79 Å². The minimum Gasteiger partial charge on any atom is -0.339 e. The Hall–Kier alpha value is -2.14. The van der Waals surface area contributed by atoms with Crippen LogP contribution in [0.4, 0.5) is 0 Å². The van der Waals surface area contributed by atoms with Gasteiger partial charge in [0.2, 0.25) is 0 Å². The molecule has 5 nitrogen and oxygen atoms in total. The van der Waals surface area contributed by atoms with E-state index in [1.807, 2.05) is 40.8 Å². The number of carbonyl (C=O) groups is 1. The van der Waals surface area contributed by atoms with E-state index >= 15 is 0 Å². The van der Waals surface area contributed by atoms with Crippen LogP contribution in [0.25, 0.3) is 0 Å². The molecule has 122 valence electrons. The third-order valence-corrected chi connectivity index (χ3v) is 4.46. The Morgan fingerprint density at radius 3 is 2.43 bits per heavy atom. The maximum atomic E-state index is 12.5. The van der Waals surface area contributed by atoms with Crippen molar-refractivity contribution in [2.75, 3.05) is 13.1 Å². The van der Waals surface area contributed by atoms with Crippen molar-refractivity contribution in [1.82, 2.24) is 14.7 Å². The average molecular weight is 312 g/mol. The van der Waals surface area contributed by atoms with Crippen LogP contribution in [0.3, 0.4) is 0 Å². The number of hydrogen-bond acceptors (Lipinski definition) is 3. The van der Waals surface area contributed by atoms with Gasteiger partial charge in [-0.1, -0.05) is 12.1 Å². The van der Waals surface area contributed by atoms with Crippen LogP contribution in [-0.2, 0) is 6.54 Å². The van der Waals surface area contributed by atoms with E-state index in [0.717, 1.165) is 55.0 Å². The molecular weight excluding hydrogens is 288 g/mol. The second kappa shape index (κ2) is 6.54. The van der Waals surface area contributed by atoms with Crippen molar-refractivity contribution in [3.63, 3.8) is 0 Å². The second-order valence-electron chi connectivity index (χ2n) is 6.41. The Bertz CT molecular complexity index is 682. The molecule has 1 aliphatic rings. The monoisotopic (exact) mass is 312 g/mol. The zero-order chi connectivity index (χ0) is 16.4. The van der Waals surface area contributed by atoms with Gasteiger partial charge >= 0.3 is 0 Å². The SMILES string of the molecule is Cc1cc(C)n(Cc2ccc(C(=O)N3CCC(N)CC3)cc2)n1. The quantitative estimate of drug-likeness (QED) is 0.944. The Morgan fingerprint density at radius 2 is 1.87 bits per heavy atom. The average Bonchev–Trinajstić information content (AvgIpc) is 2.86. The molecule has 1 amide bonds. The van der Waals surface area contributed by atoms with Crippen LogP contribution >= 0.6 is 0 Å². The minimum atomic E-state index is 0.106. The molecule has 1 saturated heterocycles. The lowest BCUT2D eigenvalue weighted by Crippen LogP contribution is -2.42. The molecule has 0 unspecified atom stereocenters. The number of piperidine rings is 1. The fraction of sp³-hybridized carbons (Fsp3) is 0.444. The number of nitrogens with zero attached hydrogens (tertiary/aromatic N) is 3. The van der Waals surface area contributed by atoms with Crippen LogP contribution < -0.4 is 5.73 Å². The van der Waals surface area contributed by atoms with Crippen LogP contribution in [0.2, 0.25) is 0 Å². The van der Waals surface area contributed by atoms with Gasteiger partial charge in [0.05, 0.1) is 12.2 Å². The lowest BCUT2D eigenvalue weighted by atomic mass is 10.0. The highest BCUT2D eigenvalue weighted by Gasteiger charge is 2.21. The lowest BCUT2D eigenvalue weighted by molar-refractivity contribution is 0.0715. The van der Waals surface area contributed by atoms with Crippen LogP contribution in [0.1, 0.15) is 40.2 Å². The number of rotatable bonds is 3. The smallest absolute Gasteiger partial charge is 0.253 e. The third kappa shape index (κ3) is 3.62. The molecule has 23 heavy (non-hydrogen) atoms. The summed E-state index contributed by atoms with van der Waals surface area (Å²) < 4.78 is 1.98. The number of likely N-dealkylation sites (tertiary alicyclic amines) is 1. The molecule has 0 bridgehead atoms. The fourth-order valence-corrected chi connectivity index (χ4v) is 3.05. The summed E-state index contributed by atoms with van der Waals surface area (Å²) >= 11 is 0. The summed E-state index contributed by atoms with van der Waals surface area (Å²) in [5.74, 6) is 0.106. The van der Waals surface area contributed by atoms with Crippen LogP contribution in [-0.4, -0.2) is 39.7 Å². The minimum absolute atomic E-state index is 0.106. The molecule has 0 aliphatic carbocycles. The Balaban J connectivity index is 1.67. The van der Waals surface area contributed by atoms with E-state index in [2.05, 4.69) is 18.1 Å². The molecule has 1 aromatic carbocycles. The molecule has 0 atom stereocenters. The topological polar surface area (TPSA) is 64.2 Å². The summed E-state index contributed by atoms with van der Waals surface area (Å²) in [5.41, 5.74) is 9.96. The number of aryl methyl sites for hydroxylation is 2. The van der Waals surface area contributed by atoms with Gasteiger partial charge < -0.3 is 10.6 Å². The van der Waals surface area contributed by atoms with E-state index < -0.39 is 0 Å². The number of hydrogen-bond donors (Lipinski definition) is 1. The van der Waals surface area contributed by atoms with Gasteiger partial charge in [-0.25, -0.2) is 0 Å².